The fourth-order valence-corrected chi connectivity index (χ4v) is 4.04. The van der Waals surface area contributed by atoms with Crippen molar-refractivity contribution in [1.82, 2.24) is 0 Å². The van der Waals surface area contributed by atoms with E-state index in [1.54, 1.807) is 30.4 Å². The summed E-state index contributed by atoms with van der Waals surface area (Å²) < 4.78 is 17.9. The van der Waals surface area contributed by atoms with Gasteiger partial charge < -0.3 is 19.3 Å². The van der Waals surface area contributed by atoms with Gasteiger partial charge in [0.1, 0.15) is 42.8 Å². The molecule has 0 aliphatic heterocycles. The first-order valence-corrected chi connectivity index (χ1v) is 11.2. The van der Waals surface area contributed by atoms with Crippen molar-refractivity contribution in [1.29, 1.82) is 0 Å². The average molecular weight is 453 g/mol. The molecule has 0 saturated heterocycles. The zero-order valence-electron chi connectivity index (χ0n) is 19.1. The van der Waals surface area contributed by atoms with Crippen molar-refractivity contribution in [3.8, 4) is 23.0 Å². The summed E-state index contributed by atoms with van der Waals surface area (Å²) in [6, 6.07) is 19.4. The van der Waals surface area contributed by atoms with Crippen LogP contribution in [0.15, 0.2) is 98.6 Å². The molecule has 172 valence electrons. The third-order valence-corrected chi connectivity index (χ3v) is 5.57. The maximum Gasteiger partial charge on any atom is 0.123 e. The average Bonchev–Trinajstić information content (AvgIpc) is 2.86. The van der Waals surface area contributed by atoms with Crippen molar-refractivity contribution in [3.05, 3.63) is 110 Å². The summed E-state index contributed by atoms with van der Waals surface area (Å²) in [7, 11) is 0. The Kier molecular flexibility index (Phi) is 7.19. The van der Waals surface area contributed by atoms with Gasteiger partial charge in [0, 0.05) is 17.5 Å². The summed E-state index contributed by atoms with van der Waals surface area (Å²) in [5.74, 6) is 2.47. The molecule has 0 fully saturated rings. The third kappa shape index (κ3) is 4.91. The molecule has 0 aromatic heterocycles. The summed E-state index contributed by atoms with van der Waals surface area (Å²) in [5.41, 5.74) is 1.96. The van der Waals surface area contributed by atoms with Crippen LogP contribution in [0.25, 0.3) is 21.5 Å². The Balaban J connectivity index is 1.93. The number of rotatable bonds is 11. The van der Waals surface area contributed by atoms with Crippen LogP contribution in [0.4, 0.5) is 0 Å². The van der Waals surface area contributed by atoms with Crippen molar-refractivity contribution in [2.24, 2.45) is 0 Å². The Morgan fingerprint density at radius 2 is 1.12 bits per heavy atom. The number of ether oxygens (including phenoxy) is 3. The van der Waals surface area contributed by atoms with Crippen LogP contribution in [0.3, 0.4) is 0 Å². The lowest BCUT2D eigenvalue weighted by Crippen LogP contribution is -2.03. The standard InChI is InChI=1S/C30H28O4/c1-4-15-32-24-12-8-22-10-14-30(34-17-6-3)28(26(22)19-24)20-27-25-18-23(31)11-7-21(25)9-13-29(27)33-16-5-2/h4-14,18-19,31H,1-3,15-17,20H2. The predicted octanol–water partition coefficient (Wildman–Crippen LogP) is 6.98. The second kappa shape index (κ2) is 10.6. The first kappa shape index (κ1) is 23.0. The van der Waals surface area contributed by atoms with Gasteiger partial charge in [-0.05, 0) is 57.9 Å². The molecule has 4 aromatic rings. The molecule has 4 aromatic carbocycles. The van der Waals surface area contributed by atoms with Crippen LogP contribution >= 0.6 is 0 Å². The molecule has 0 radical (unpaired) electrons. The van der Waals surface area contributed by atoms with Crippen molar-refractivity contribution in [3.63, 3.8) is 0 Å². The fourth-order valence-electron chi connectivity index (χ4n) is 4.04. The summed E-state index contributed by atoms with van der Waals surface area (Å²) in [4.78, 5) is 0. The number of phenols is 1. The smallest absolute Gasteiger partial charge is 0.123 e. The van der Waals surface area contributed by atoms with Crippen molar-refractivity contribution in [2.75, 3.05) is 19.8 Å². The molecular weight excluding hydrogens is 424 g/mol. The van der Waals surface area contributed by atoms with Gasteiger partial charge in [-0.2, -0.15) is 0 Å². The zero-order valence-corrected chi connectivity index (χ0v) is 19.1. The molecule has 0 spiro atoms. The molecule has 4 heteroatoms. The van der Waals surface area contributed by atoms with Gasteiger partial charge in [0.05, 0.1) is 0 Å². The molecule has 0 aliphatic rings. The van der Waals surface area contributed by atoms with Crippen LogP contribution in [0.1, 0.15) is 11.1 Å². The Morgan fingerprint density at radius 1 is 0.618 bits per heavy atom. The van der Waals surface area contributed by atoms with Crippen molar-refractivity contribution in [2.45, 2.75) is 6.42 Å². The first-order valence-electron chi connectivity index (χ1n) is 11.2. The molecule has 34 heavy (non-hydrogen) atoms. The van der Waals surface area contributed by atoms with Crippen LogP contribution in [0.2, 0.25) is 0 Å². The summed E-state index contributed by atoms with van der Waals surface area (Å²) in [6.45, 7) is 12.5. The van der Waals surface area contributed by atoms with Gasteiger partial charge in [-0.25, -0.2) is 0 Å². The molecule has 1 N–H and O–H groups in total. The number of phenolic OH excluding ortho intramolecular Hbond substituents is 1. The second-order valence-corrected chi connectivity index (χ2v) is 7.85. The molecule has 0 bridgehead atoms. The fraction of sp³-hybridized carbons (Fsp3) is 0.133. The topological polar surface area (TPSA) is 47.9 Å². The predicted molar refractivity (Wildman–Crippen MR) is 139 cm³/mol. The Morgan fingerprint density at radius 3 is 1.71 bits per heavy atom. The van der Waals surface area contributed by atoms with Crippen LogP contribution < -0.4 is 14.2 Å². The van der Waals surface area contributed by atoms with Gasteiger partial charge in [-0.1, -0.05) is 62.2 Å². The van der Waals surface area contributed by atoms with Gasteiger partial charge in [-0.15, -0.1) is 0 Å². The highest BCUT2D eigenvalue weighted by atomic mass is 16.5. The van der Waals surface area contributed by atoms with E-state index in [0.717, 1.165) is 49.9 Å². The van der Waals surface area contributed by atoms with E-state index in [-0.39, 0.29) is 5.75 Å². The molecule has 4 nitrogen and oxygen atoms in total. The quantitative estimate of drug-likeness (QED) is 0.249. The van der Waals surface area contributed by atoms with Crippen molar-refractivity contribution < 1.29 is 19.3 Å². The normalized spacial score (nSPS) is 10.7. The largest absolute Gasteiger partial charge is 0.508 e. The van der Waals surface area contributed by atoms with Crippen molar-refractivity contribution >= 4 is 21.5 Å². The van der Waals surface area contributed by atoms with E-state index in [1.807, 2.05) is 48.5 Å². The first-order chi connectivity index (χ1) is 16.6. The van der Waals surface area contributed by atoms with E-state index in [4.69, 9.17) is 14.2 Å². The molecule has 0 saturated carbocycles. The maximum absolute atomic E-state index is 10.2. The monoisotopic (exact) mass is 452 g/mol. The van der Waals surface area contributed by atoms with Crippen LogP contribution in [-0.2, 0) is 6.42 Å². The molecule has 0 atom stereocenters. The van der Waals surface area contributed by atoms with Gasteiger partial charge in [-0.3, -0.25) is 0 Å². The lowest BCUT2D eigenvalue weighted by atomic mass is 9.93. The van der Waals surface area contributed by atoms with E-state index in [0.29, 0.717) is 26.2 Å². The van der Waals surface area contributed by atoms with Gasteiger partial charge >= 0.3 is 0 Å². The highest BCUT2D eigenvalue weighted by Gasteiger charge is 2.17. The molecule has 4 rings (SSSR count). The minimum Gasteiger partial charge on any atom is -0.508 e. The van der Waals surface area contributed by atoms with Gasteiger partial charge in [0.15, 0.2) is 0 Å². The minimum atomic E-state index is 0.204. The zero-order chi connectivity index (χ0) is 23.9. The number of hydrogen-bond acceptors (Lipinski definition) is 4. The molecule has 0 aliphatic carbocycles. The maximum atomic E-state index is 10.2. The highest BCUT2D eigenvalue weighted by molar-refractivity contribution is 5.92. The van der Waals surface area contributed by atoms with Crippen LogP contribution in [0, 0.1) is 0 Å². The summed E-state index contributed by atoms with van der Waals surface area (Å²) in [5, 5.41) is 14.3. The lowest BCUT2D eigenvalue weighted by molar-refractivity contribution is 0.356. The SMILES string of the molecule is C=CCOc1ccc2ccc(OCC=C)c(Cc3c(OCC=C)ccc4ccc(O)cc34)c2c1. The van der Waals surface area contributed by atoms with E-state index >= 15 is 0 Å². The van der Waals surface area contributed by atoms with Gasteiger partial charge in [0.25, 0.3) is 0 Å². The minimum absolute atomic E-state index is 0.204. The lowest BCUT2D eigenvalue weighted by Gasteiger charge is -2.18. The van der Waals surface area contributed by atoms with E-state index in [2.05, 4.69) is 19.7 Å². The van der Waals surface area contributed by atoms with Gasteiger partial charge in [0.2, 0.25) is 0 Å². The summed E-state index contributed by atoms with van der Waals surface area (Å²) >= 11 is 0. The third-order valence-electron chi connectivity index (χ3n) is 5.57. The number of benzene rings is 4. The number of hydrogen-bond donors (Lipinski definition) is 1. The Bertz CT molecular complexity index is 1350. The Labute approximate surface area is 200 Å². The van der Waals surface area contributed by atoms with Crippen LogP contribution in [-0.4, -0.2) is 24.9 Å². The van der Waals surface area contributed by atoms with Crippen LogP contribution in [0.5, 0.6) is 23.0 Å². The molecule has 0 heterocycles. The molecule has 0 unspecified atom stereocenters. The van der Waals surface area contributed by atoms with E-state index < -0.39 is 0 Å². The molecule has 0 amide bonds. The highest BCUT2D eigenvalue weighted by Crippen LogP contribution is 2.38. The van der Waals surface area contributed by atoms with E-state index in [9.17, 15) is 5.11 Å². The summed E-state index contributed by atoms with van der Waals surface area (Å²) in [6.07, 6.45) is 5.70. The number of fused-ring (bicyclic) bond motifs is 2. The van der Waals surface area contributed by atoms with E-state index in [1.165, 1.54) is 0 Å². The number of aromatic hydroxyl groups is 1. The molecular formula is C30H28O4. The second-order valence-electron chi connectivity index (χ2n) is 7.85. The Hall–Kier alpha value is -4.18.